The average molecular weight is 610 g/mol. The smallest absolute Gasteiger partial charge is 0.416 e. The van der Waals surface area contributed by atoms with Gasteiger partial charge in [-0.2, -0.15) is 13.2 Å². The summed E-state index contributed by atoms with van der Waals surface area (Å²) in [5, 5.41) is 9.38. The van der Waals surface area contributed by atoms with Crippen LogP contribution in [0, 0.1) is 6.92 Å². The van der Waals surface area contributed by atoms with E-state index in [0.717, 1.165) is 28.9 Å². The standard InChI is InChI=1S/C31H30F3N5O3S/c1-20-7-9-22(10-8-20)28-35-36-30(39(28)25-11-13-26(42-3)14-12-25)43-19-27(40)37-15-16-38(21(2)18-37)29(41)23-5-4-6-24(17-23)31(32,33)34/h4-14,17,21H,15-16,18-19H2,1-3H3/t21-/m0/s1. The number of benzene rings is 3. The van der Waals surface area contributed by atoms with Crippen LogP contribution >= 0.6 is 11.8 Å². The lowest BCUT2D eigenvalue weighted by Gasteiger charge is -2.40. The van der Waals surface area contributed by atoms with Crippen molar-refractivity contribution in [3.05, 3.63) is 89.5 Å². The third-order valence-electron chi connectivity index (χ3n) is 7.28. The SMILES string of the molecule is COc1ccc(-n2c(SCC(=O)N3CCN(C(=O)c4cccc(C(F)(F)F)c4)[C@@H](C)C3)nnc2-c2ccc(C)cc2)cc1. The molecule has 0 radical (unpaired) electrons. The quantitative estimate of drug-likeness (QED) is 0.249. The first-order chi connectivity index (χ1) is 20.5. The van der Waals surface area contributed by atoms with E-state index in [-0.39, 0.29) is 42.9 Å². The topological polar surface area (TPSA) is 80.6 Å². The molecule has 0 aliphatic carbocycles. The van der Waals surface area contributed by atoms with Gasteiger partial charge in [0.25, 0.3) is 5.91 Å². The van der Waals surface area contributed by atoms with Crippen LogP contribution in [-0.2, 0) is 11.0 Å². The molecule has 1 atom stereocenters. The maximum absolute atomic E-state index is 13.3. The number of hydrogen-bond donors (Lipinski definition) is 0. The summed E-state index contributed by atoms with van der Waals surface area (Å²) in [6.07, 6.45) is -4.54. The molecule has 0 bridgehead atoms. The number of nitrogens with zero attached hydrogens (tertiary/aromatic N) is 5. The Balaban J connectivity index is 1.28. The third-order valence-corrected chi connectivity index (χ3v) is 8.19. The lowest BCUT2D eigenvalue weighted by molar-refractivity contribution is -0.137. The van der Waals surface area contributed by atoms with Crippen LogP contribution in [0.2, 0.25) is 0 Å². The molecule has 1 fully saturated rings. The Hall–Kier alpha value is -4.32. The first kappa shape index (κ1) is 30.1. The van der Waals surface area contributed by atoms with E-state index in [4.69, 9.17) is 4.74 Å². The molecule has 0 saturated carbocycles. The minimum Gasteiger partial charge on any atom is -0.497 e. The van der Waals surface area contributed by atoms with Gasteiger partial charge in [0.1, 0.15) is 5.75 Å². The molecule has 43 heavy (non-hydrogen) atoms. The molecule has 0 N–H and O–H groups in total. The second-order valence-electron chi connectivity index (χ2n) is 10.3. The molecule has 0 unspecified atom stereocenters. The molecular weight excluding hydrogens is 579 g/mol. The molecule has 1 aliphatic rings. The van der Waals surface area contributed by atoms with Gasteiger partial charge < -0.3 is 14.5 Å². The molecule has 8 nitrogen and oxygen atoms in total. The van der Waals surface area contributed by atoms with Gasteiger partial charge in [-0.15, -0.1) is 10.2 Å². The number of methoxy groups -OCH3 is 1. The summed E-state index contributed by atoms with van der Waals surface area (Å²) in [5.41, 5.74) is 1.91. The van der Waals surface area contributed by atoms with Gasteiger partial charge in [-0.05, 0) is 56.3 Å². The Morgan fingerprint density at radius 2 is 1.72 bits per heavy atom. The maximum Gasteiger partial charge on any atom is 0.416 e. The molecule has 0 spiro atoms. The third kappa shape index (κ3) is 6.69. The maximum atomic E-state index is 13.3. The van der Waals surface area contributed by atoms with Crippen LogP contribution in [-0.4, -0.2) is 74.9 Å². The van der Waals surface area contributed by atoms with Gasteiger partial charge in [0.05, 0.1) is 18.4 Å². The molecule has 2 amide bonds. The lowest BCUT2D eigenvalue weighted by Crippen LogP contribution is -2.55. The largest absolute Gasteiger partial charge is 0.497 e. The number of rotatable bonds is 7. The molecular formula is C31H30F3N5O3S. The summed E-state index contributed by atoms with van der Waals surface area (Å²) in [7, 11) is 1.60. The number of aryl methyl sites for hydroxylation is 1. The summed E-state index contributed by atoms with van der Waals surface area (Å²) < 4.78 is 46.7. The van der Waals surface area contributed by atoms with Crippen molar-refractivity contribution in [2.45, 2.75) is 31.2 Å². The van der Waals surface area contributed by atoms with E-state index in [1.54, 1.807) is 18.9 Å². The van der Waals surface area contributed by atoms with Crippen molar-refractivity contribution in [2.24, 2.45) is 0 Å². The highest BCUT2D eigenvalue weighted by atomic mass is 32.2. The predicted octanol–water partition coefficient (Wildman–Crippen LogP) is 5.74. The summed E-state index contributed by atoms with van der Waals surface area (Å²) in [4.78, 5) is 29.5. The van der Waals surface area contributed by atoms with E-state index in [1.165, 1.54) is 28.8 Å². The van der Waals surface area contributed by atoms with Crippen LogP contribution < -0.4 is 4.74 Å². The second kappa shape index (κ2) is 12.5. The zero-order valence-electron chi connectivity index (χ0n) is 23.8. The van der Waals surface area contributed by atoms with E-state index < -0.39 is 17.6 Å². The number of thioether (sulfide) groups is 1. The fraction of sp³-hybridized carbons (Fsp3) is 0.290. The van der Waals surface area contributed by atoms with E-state index in [2.05, 4.69) is 10.2 Å². The molecule has 1 saturated heterocycles. The van der Waals surface area contributed by atoms with Crippen molar-refractivity contribution < 1.29 is 27.5 Å². The van der Waals surface area contributed by atoms with E-state index in [1.807, 2.05) is 60.0 Å². The summed E-state index contributed by atoms with van der Waals surface area (Å²) in [6.45, 7) is 4.55. The van der Waals surface area contributed by atoms with Crippen LogP contribution in [0.5, 0.6) is 5.75 Å². The van der Waals surface area contributed by atoms with Crippen molar-refractivity contribution in [2.75, 3.05) is 32.5 Å². The number of ether oxygens (including phenoxy) is 1. The number of amides is 2. The molecule has 224 valence electrons. The van der Waals surface area contributed by atoms with E-state index in [0.29, 0.717) is 16.7 Å². The van der Waals surface area contributed by atoms with Crippen molar-refractivity contribution in [3.8, 4) is 22.8 Å². The fourth-order valence-electron chi connectivity index (χ4n) is 4.91. The average Bonchev–Trinajstić information content (AvgIpc) is 3.43. The zero-order valence-corrected chi connectivity index (χ0v) is 24.7. The highest BCUT2D eigenvalue weighted by molar-refractivity contribution is 7.99. The molecule has 2 heterocycles. The van der Waals surface area contributed by atoms with E-state index >= 15 is 0 Å². The van der Waals surface area contributed by atoms with Crippen LogP contribution in [0.1, 0.15) is 28.4 Å². The van der Waals surface area contributed by atoms with Gasteiger partial charge in [0.15, 0.2) is 11.0 Å². The van der Waals surface area contributed by atoms with Crippen LogP contribution in [0.4, 0.5) is 13.2 Å². The first-order valence-electron chi connectivity index (χ1n) is 13.6. The highest BCUT2D eigenvalue weighted by Crippen LogP contribution is 2.31. The number of alkyl halides is 3. The number of carbonyl (C=O) groups excluding carboxylic acids is 2. The highest BCUT2D eigenvalue weighted by Gasteiger charge is 2.34. The monoisotopic (exact) mass is 609 g/mol. The van der Waals surface area contributed by atoms with Gasteiger partial charge >= 0.3 is 6.18 Å². The summed E-state index contributed by atoms with van der Waals surface area (Å²) in [6, 6.07) is 19.5. The van der Waals surface area contributed by atoms with E-state index in [9.17, 15) is 22.8 Å². The molecule has 1 aromatic heterocycles. The summed E-state index contributed by atoms with van der Waals surface area (Å²) in [5.74, 6) is 0.810. The van der Waals surface area contributed by atoms with Gasteiger partial charge in [-0.3, -0.25) is 14.2 Å². The van der Waals surface area contributed by atoms with Gasteiger partial charge in [-0.25, -0.2) is 0 Å². The molecule has 3 aromatic carbocycles. The van der Waals surface area contributed by atoms with Gasteiger partial charge in [0, 0.05) is 42.5 Å². The Morgan fingerprint density at radius 1 is 1.00 bits per heavy atom. The van der Waals surface area contributed by atoms with Crippen LogP contribution in [0.25, 0.3) is 17.1 Å². The number of hydrogen-bond acceptors (Lipinski definition) is 6. The summed E-state index contributed by atoms with van der Waals surface area (Å²) >= 11 is 1.26. The number of aromatic nitrogens is 3. The second-order valence-corrected chi connectivity index (χ2v) is 11.2. The number of piperazine rings is 1. The number of halogens is 3. The van der Waals surface area contributed by atoms with Crippen LogP contribution in [0.15, 0.2) is 78.0 Å². The molecule has 12 heteroatoms. The normalized spacial score (nSPS) is 15.4. The Bertz CT molecular complexity index is 1610. The Morgan fingerprint density at radius 3 is 2.37 bits per heavy atom. The molecule has 1 aliphatic heterocycles. The Kier molecular flexibility index (Phi) is 8.77. The zero-order chi connectivity index (χ0) is 30.7. The predicted molar refractivity (Wildman–Crippen MR) is 157 cm³/mol. The van der Waals surface area contributed by atoms with Crippen molar-refractivity contribution in [3.63, 3.8) is 0 Å². The minimum absolute atomic E-state index is 0.0285. The molecule has 4 aromatic rings. The number of carbonyl (C=O) groups is 2. The lowest BCUT2D eigenvalue weighted by atomic mass is 10.1. The van der Waals surface area contributed by atoms with Crippen molar-refractivity contribution in [1.82, 2.24) is 24.6 Å². The fourth-order valence-corrected chi connectivity index (χ4v) is 5.77. The van der Waals surface area contributed by atoms with Gasteiger partial charge in [0.2, 0.25) is 5.91 Å². The minimum atomic E-state index is -4.54. The Labute approximate surface area is 251 Å². The van der Waals surface area contributed by atoms with Gasteiger partial charge in [-0.1, -0.05) is 47.7 Å². The van der Waals surface area contributed by atoms with Crippen molar-refractivity contribution >= 4 is 23.6 Å². The van der Waals surface area contributed by atoms with Crippen molar-refractivity contribution in [1.29, 1.82) is 0 Å². The van der Waals surface area contributed by atoms with Crippen LogP contribution in [0.3, 0.4) is 0 Å². The first-order valence-corrected chi connectivity index (χ1v) is 14.6. The molecule has 5 rings (SSSR count).